The van der Waals surface area contributed by atoms with E-state index in [9.17, 15) is 0 Å². The Morgan fingerprint density at radius 2 is 0.690 bits per heavy atom. The van der Waals surface area contributed by atoms with Gasteiger partial charge in [-0.2, -0.15) is 0 Å². The monoisotopic (exact) mass is 446 g/mol. The van der Waals surface area contributed by atoms with Crippen molar-refractivity contribution in [1.82, 2.24) is 0 Å². The summed E-state index contributed by atoms with van der Waals surface area (Å²) in [5.74, 6) is 1.76. The number of benzene rings is 4. The zero-order chi connectivity index (χ0) is 20.1. The fraction of sp³-hybridized carbons (Fsp3) is 0.0769. The van der Waals surface area contributed by atoms with Gasteiger partial charge in [-0.15, -0.1) is 0 Å². The molecule has 3 heteroatoms. The average Bonchev–Trinajstić information content (AvgIpc) is 2.80. The number of rotatable bonds is 6. The Hall–Kier alpha value is -3.00. The molecule has 0 amide bonds. The predicted molar refractivity (Wildman–Crippen MR) is 122 cm³/mol. The van der Waals surface area contributed by atoms with Gasteiger partial charge in [0.05, 0.1) is 0 Å². The maximum atomic E-state index is 5.23. The molecule has 4 aromatic carbocycles. The van der Waals surface area contributed by atoms with E-state index in [1.807, 2.05) is 24.3 Å². The van der Waals surface area contributed by atoms with Crippen LogP contribution in [0, 0.1) is 0 Å². The molecule has 0 saturated heterocycles. The van der Waals surface area contributed by atoms with E-state index in [1.165, 1.54) is 31.2 Å². The Kier molecular flexibility index (Phi) is 6.00. The molecule has 0 atom stereocenters. The van der Waals surface area contributed by atoms with E-state index >= 15 is 0 Å². The molecule has 0 bridgehead atoms. The number of methoxy groups -OCH3 is 2. The molecule has 2 nitrogen and oxygen atoms in total. The molecule has 4 rings (SSSR count). The molecule has 0 aromatic heterocycles. The van der Waals surface area contributed by atoms with Crippen LogP contribution < -0.4 is 18.4 Å². The number of hydrogen-bond donors (Lipinski definition) is 0. The molecule has 4 aromatic rings. The van der Waals surface area contributed by atoms with Gasteiger partial charge in [0, 0.05) is 0 Å². The summed E-state index contributed by atoms with van der Waals surface area (Å²) in [4.78, 5) is 0. The van der Waals surface area contributed by atoms with E-state index in [0.717, 1.165) is 11.5 Å². The molecule has 0 heterocycles. The first kappa shape index (κ1) is 19.3. The van der Waals surface area contributed by atoms with Gasteiger partial charge in [0.15, 0.2) is 0 Å². The molecule has 29 heavy (non-hydrogen) atoms. The topological polar surface area (TPSA) is 18.5 Å². The van der Waals surface area contributed by atoms with Gasteiger partial charge < -0.3 is 0 Å². The second kappa shape index (κ2) is 9.00. The Morgan fingerprint density at radius 3 is 0.966 bits per heavy atom. The first-order valence-electron chi connectivity index (χ1n) is 9.42. The van der Waals surface area contributed by atoms with Crippen molar-refractivity contribution < 1.29 is 9.47 Å². The molecule has 144 valence electrons. The van der Waals surface area contributed by atoms with Gasteiger partial charge in [0.2, 0.25) is 0 Å². The summed E-state index contributed by atoms with van der Waals surface area (Å²) in [7, 11) is 3.38. The third-order valence-electron chi connectivity index (χ3n) is 4.79. The zero-order valence-corrected chi connectivity index (χ0v) is 18.2. The summed E-state index contributed by atoms with van der Waals surface area (Å²) in [6.07, 6.45) is 0. The molecule has 0 aliphatic carbocycles. The van der Waals surface area contributed by atoms with E-state index in [4.69, 9.17) is 9.47 Å². The zero-order valence-electron chi connectivity index (χ0n) is 16.5. The SMILES string of the molecule is COc1ccc(-c2ccc([Se]c3ccc(-c4ccc(OC)cc4)cc3)cc2)cc1. The van der Waals surface area contributed by atoms with Gasteiger partial charge in [0.25, 0.3) is 0 Å². The normalized spacial score (nSPS) is 10.6. The van der Waals surface area contributed by atoms with E-state index in [-0.39, 0.29) is 15.0 Å². The molecule has 0 N–H and O–H groups in total. The molecule has 0 saturated carbocycles. The average molecular weight is 445 g/mol. The number of hydrogen-bond acceptors (Lipinski definition) is 2. The van der Waals surface area contributed by atoms with Gasteiger partial charge in [-0.05, 0) is 0 Å². The van der Waals surface area contributed by atoms with Crippen LogP contribution in [-0.2, 0) is 0 Å². The molecule has 0 unspecified atom stereocenters. The molecular formula is C26H22O2Se. The fourth-order valence-electron chi connectivity index (χ4n) is 3.13. The van der Waals surface area contributed by atoms with Crippen molar-refractivity contribution in [2.45, 2.75) is 0 Å². The summed E-state index contributed by atoms with van der Waals surface area (Å²) in [6.45, 7) is 0. The van der Waals surface area contributed by atoms with Gasteiger partial charge in [-0.3, -0.25) is 0 Å². The second-order valence-corrected chi connectivity index (χ2v) is 9.01. The molecule has 0 fully saturated rings. The summed E-state index contributed by atoms with van der Waals surface area (Å²) >= 11 is 0.289. The van der Waals surface area contributed by atoms with Crippen LogP contribution in [0.1, 0.15) is 0 Å². The van der Waals surface area contributed by atoms with Crippen LogP contribution in [0.15, 0.2) is 97.1 Å². The van der Waals surface area contributed by atoms with E-state index in [0.29, 0.717) is 0 Å². The van der Waals surface area contributed by atoms with Crippen LogP contribution in [-0.4, -0.2) is 29.2 Å². The van der Waals surface area contributed by atoms with Crippen LogP contribution in [0.5, 0.6) is 11.5 Å². The van der Waals surface area contributed by atoms with Crippen molar-refractivity contribution in [3.05, 3.63) is 97.1 Å². The minimum absolute atomic E-state index is 0.289. The Labute approximate surface area is 178 Å². The second-order valence-electron chi connectivity index (χ2n) is 6.61. The van der Waals surface area contributed by atoms with Crippen molar-refractivity contribution in [3.8, 4) is 33.8 Å². The van der Waals surface area contributed by atoms with Crippen molar-refractivity contribution in [2.24, 2.45) is 0 Å². The van der Waals surface area contributed by atoms with Crippen molar-refractivity contribution in [2.75, 3.05) is 14.2 Å². The van der Waals surface area contributed by atoms with Crippen molar-refractivity contribution >= 4 is 23.9 Å². The fourth-order valence-corrected chi connectivity index (χ4v) is 4.85. The summed E-state index contributed by atoms with van der Waals surface area (Å²) in [6, 6.07) is 34.1. The van der Waals surface area contributed by atoms with Crippen LogP contribution in [0.2, 0.25) is 0 Å². The van der Waals surface area contributed by atoms with Crippen LogP contribution in [0.25, 0.3) is 22.3 Å². The molecule has 0 radical (unpaired) electrons. The van der Waals surface area contributed by atoms with Crippen LogP contribution in [0.4, 0.5) is 0 Å². The third-order valence-corrected chi connectivity index (χ3v) is 6.92. The van der Waals surface area contributed by atoms with E-state index in [1.54, 1.807) is 14.2 Å². The Morgan fingerprint density at radius 1 is 0.414 bits per heavy atom. The summed E-state index contributed by atoms with van der Waals surface area (Å²) < 4.78 is 13.2. The quantitative estimate of drug-likeness (QED) is 0.401. The summed E-state index contributed by atoms with van der Waals surface area (Å²) in [5, 5.41) is 0. The number of ether oxygens (including phenoxy) is 2. The third kappa shape index (κ3) is 4.71. The van der Waals surface area contributed by atoms with E-state index in [2.05, 4.69) is 72.8 Å². The molecular weight excluding hydrogens is 423 g/mol. The van der Waals surface area contributed by atoms with Crippen LogP contribution >= 0.6 is 0 Å². The van der Waals surface area contributed by atoms with Crippen molar-refractivity contribution in [3.63, 3.8) is 0 Å². The van der Waals surface area contributed by atoms with Gasteiger partial charge in [0.1, 0.15) is 0 Å². The van der Waals surface area contributed by atoms with Gasteiger partial charge in [-0.1, -0.05) is 0 Å². The Bertz CT molecular complexity index is 963. The van der Waals surface area contributed by atoms with Crippen LogP contribution in [0.3, 0.4) is 0 Å². The molecule has 0 aliphatic rings. The first-order chi connectivity index (χ1) is 14.2. The van der Waals surface area contributed by atoms with Crippen molar-refractivity contribution in [1.29, 1.82) is 0 Å². The molecule has 0 aliphatic heterocycles. The standard InChI is InChI=1S/C26H22O2Se/c1-27-23-11-3-19(4-12-23)21-7-15-25(16-8-21)29-26-17-9-22(10-18-26)20-5-13-24(28-2)14-6-20/h3-18H,1-2H3. The Balaban J connectivity index is 1.44. The molecule has 0 spiro atoms. The van der Waals surface area contributed by atoms with E-state index < -0.39 is 0 Å². The van der Waals surface area contributed by atoms with Gasteiger partial charge in [-0.25, -0.2) is 0 Å². The van der Waals surface area contributed by atoms with Gasteiger partial charge >= 0.3 is 178 Å². The minimum atomic E-state index is 0.289. The first-order valence-corrected chi connectivity index (χ1v) is 11.1. The maximum absolute atomic E-state index is 5.23. The predicted octanol–water partition coefficient (Wildman–Crippen LogP) is 4.69. The summed E-state index contributed by atoms with van der Waals surface area (Å²) in [5.41, 5.74) is 4.85.